The average Bonchev–Trinajstić information content (AvgIpc) is 2.74. The van der Waals surface area contributed by atoms with Crippen molar-refractivity contribution in [1.82, 2.24) is 9.97 Å². The van der Waals surface area contributed by atoms with Crippen LogP contribution in [0.1, 0.15) is 25.0 Å². The van der Waals surface area contributed by atoms with Gasteiger partial charge in [0.05, 0.1) is 17.1 Å². The van der Waals surface area contributed by atoms with Gasteiger partial charge in [0.25, 0.3) is 0 Å². The Hall–Kier alpha value is -1.96. The lowest BCUT2D eigenvalue weighted by Gasteiger charge is -2.20. The molecule has 2 atom stereocenters. The zero-order chi connectivity index (χ0) is 14.0. The van der Waals surface area contributed by atoms with Crippen molar-refractivity contribution in [2.75, 3.05) is 18.2 Å². The number of nitrogen functional groups attached to an aromatic ring is 1. The van der Waals surface area contributed by atoms with Crippen LogP contribution in [0.4, 0.5) is 17.5 Å². The van der Waals surface area contributed by atoms with Crippen LogP contribution in [0.15, 0.2) is 0 Å². The van der Waals surface area contributed by atoms with Gasteiger partial charge in [0.15, 0.2) is 0 Å². The lowest BCUT2D eigenvalue weighted by Crippen LogP contribution is -2.30. The summed E-state index contributed by atoms with van der Waals surface area (Å²) in [5.41, 5.74) is 5.68. The first-order chi connectivity index (χ1) is 9.02. The summed E-state index contributed by atoms with van der Waals surface area (Å²) in [4.78, 5) is 18.4. The number of hydrogen-bond donors (Lipinski definition) is 2. The normalized spacial score (nSPS) is 22.4. The summed E-state index contributed by atoms with van der Waals surface area (Å²) in [5.74, 6) is 0.196. The van der Waals surface area contributed by atoms with Crippen molar-refractivity contribution in [3.05, 3.63) is 15.8 Å². The molecular formula is C11H17N5O3. The summed E-state index contributed by atoms with van der Waals surface area (Å²) >= 11 is 0. The summed E-state index contributed by atoms with van der Waals surface area (Å²) in [6, 6.07) is 0.0115. The van der Waals surface area contributed by atoms with Crippen molar-refractivity contribution < 1.29 is 9.66 Å². The predicted molar refractivity (Wildman–Crippen MR) is 69.9 cm³/mol. The zero-order valence-electron chi connectivity index (χ0n) is 10.9. The number of methoxy groups -OCH3 is 1. The number of nitrogens with zero attached hydrogens (tertiary/aromatic N) is 3. The van der Waals surface area contributed by atoms with Crippen LogP contribution in [0.5, 0.6) is 0 Å². The molecule has 8 heteroatoms. The van der Waals surface area contributed by atoms with Gasteiger partial charge in [-0.15, -0.1) is 0 Å². The Bertz CT molecular complexity index is 493. The van der Waals surface area contributed by atoms with E-state index in [0.717, 1.165) is 19.3 Å². The fraction of sp³-hybridized carbons (Fsp3) is 0.636. The number of aryl methyl sites for hydroxylation is 1. The molecule has 1 saturated carbocycles. The van der Waals surface area contributed by atoms with Crippen LogP contribution in [-0.4, -0.2) is 34.1 Å². The number of nitrogens with two attached hydrogens (primary N) is 1. The molecule has 1 heterocycles. The Balaban J connectivity index is 2.31. The number of nitrogens with one attached hydrogen (secondary N) is 1. The van der Waals surface area contributed by atoms with E-state index in [4.69, 9.17) is 10.5 Å². The highest BCUT2D eigenvalue weighted by Gasteiger charge is 2.30. The average molecular weight is 267 g/mol. The zero-order valence-corrected chi connectivity index (χ0v) is 10.9. The van der Waals surface area contributed by atoms with Crippen LogP contribution in [0.25, 0.3) is 0 Å². The first-order valence-electron chi connectivity index (χ1n) is 6.10. The van der Waals surface area contributed by atoms with E-state index >= 15 is 0 Å². The van der Waals surface area contributed by atoms with Crippen LogP contribution in [-0.2, 0) is 4.74 Å². The number of nitro groups is 1. The van der Waals surface area contributed by atoms with Crippen LogP contribution in [0.3, 0.4) is 0 Å². The van der Waals surface area contributed by atoms with Gasteiger partial charge in [-0.25, -0.2) is 4.98 Å². The lowest BCUT2D eigenvalue weighted by atomic mass is 10.2. The topological polar surface area (TPSA) is 116 Å². The van der Waals surface area contributed by atoms with Crippen LogP contribution in [0.2, 0.25) is 0 Å². The second-order valence-electron chi connectivity index (χ2n) is 4.58. The van der Waals surface area contributed by atoms with Gasteiger partial charge in [0.2, 0.25) is 11.8 Å². The third-order valence-electron chi connectivity index (χ3n) is 3.34. The van der Waals surface area contributed by atoms with Gasteiger partial charge in [-0.1, -0.05) is 0 Å². The summed E-state index contributed by atoms with van der Waals surface area (Å²) < 4.78 is 5.35. The van der Waals surface area contributed by atoms with E-state index in [1.807, 2.05) is 0 Å². The molecule has 0 aliphatic heterocycles. The van der Waals surface area contributed by atoms with Crippen LogP contribution in [0, 0.1) is 17.0 Å². The summed E-state index contributed by atoms with van der Waals surface area (Å²) in [7, 11) is 1.64. The molecule has 1 aliphatic carbocycles. The molecule has 0 bridgehead atoms. The quantitative estimate of drug-likeness (QED) is 0.622. The van der Waals surface area contributed by atoms with Gasteiger partial charge in [-0.05, 0) is 26.2 Å². The molecule has 0 spiro atoms. The van der Waals surface area contributed by atoms with E-state index in [9.17, 15) is 10.1 Å². The Morgan fingerprint density at radius 1 is 1.47 bits per heavy atom. The van der Waals surface area contributed by atoms with Gasteiger partial charge >= 0.3 is 5.69 Å². The highest BCUT2D eigenvalue weighted by atomic mass is 16.6. The molecule has 2 rings (SSSR count). The number of rotatable bonds is 4. The molecule has 1 aromatic heterocycles. The van der Waals surface area contributed by atoms with E-state index < -0.39 is 4.92 Å². The molecule has 2 unspecified atom stereocenters. The Morgan fingerprint density at radius 2 is 2.21 bits per heavy atom. The highest BCUT2D eigenvalue weighted by Crippen LogP contribution is 2.30. The van der Waals surface area contributed by atoms with E-state index in [1.54, 1.807) is 14.0 Å². The Labute approximate surface area is 110 Å². The standard InChI is InChI=1S/C11H17N5O3/c1-6-9(16(17)18)10(15-11(12)13-6)14-7-4-3-5-8(7)19-2/h7-8H,3-5H2,1-2H3,(H3,12,13,14,15). The third kappa shape index (κ3) is 2.73. The van der Waals surface area contributed by atoms with E-state index in [1.165, 1.54) is 0 Å². The molecule has 3 N–H and O–H groups in total. The SMILES string of the molecule is COC1CCCC1Nc1nc(N)nc(C)c1[N+](=O)[O-]. The minimum atomic E-state index is -0.492. The van der Waals surface area contributed by atoms with Crippen molar-refractivity contribution in [1.29, 1.82) is 0 Å². The van der Waals surface area contributed by atoms with Crippen molar-refractivity contribution in [2.24, 2.45) is 0 Å². The monoisotopic (exact) mass is 267 g/mol. The van der Waals surface area contributed by atoms with Crippen molar-refractivity contribution in [2.45, 2.75) is 38.3 Å². The van der Waals surface area contributed by atoms with Crippen molar-refractivity contribution in [3.8, 4) is 0 Å². The molecule has 0 radical (unpaired) electrons. The molecule has 0 aromatic carbocycles. The molecule has 1 aliphatic rings. The third-order valence-corrected chi connectivity index (χ3v) is 3.34. The molecule has 0 saturated heterocycles. The Morgan fingerprint density at radius 3 is 2.84 bits per heavy atom. The number of hydrogen-bond acceptors (Lipinski definition) is 7. The summed E-state index contributed by atoms with van der Waals surface area (Å²) in [5, 5.41) is 14.2. The van der Waals surface area contributed by atoms with Crippen LogP contribution >= 0.6 is 0 Å². The molecule has 104 valence electrons. The van der Waals surface area contributed by atoms with Crippen LogP contribution < -0.4 is 11.1 Å². The minimum Gasteiger partial charge on any atom is -0.379 e. The van der Waals surface area contributed by atoms with Gasteiger partial charge < -0.3 is 15.8 Å². The largest absolute Gasteiger partial charge is 0.379 e. The first-order valence-corrected chi connectivity index (χ1v) is 6.10. The summed E-state index contributed by atoms with van der Waals surface area (Å²) in [6.07, 6.45) is 2.88. The Kier molecular flexibility index (Phi) is 3.79. The highest BCUT2D eigenvalue weighted by molar-refractivity contribution is 5.60. The number of ether oxygens (including phenoxy) is 1. The molecule has 19 heavy (non-hydrogen) atoms. The number of aromatic nitrogens is 2. The van der Waals surface area contributed by atoms with Crippen molar-refractivity contribution in [3.63, 3.8) is 0 Å². The number of anilines is 2. The molecule has 0 amide bonds. The maximum Gasteiger partial charge on any atom is 0.332 e. The second kappa shape index (κ2) is 5.35. The minimum absolute atomic E-state index is 0.0115. The molecule has 1 aromatic rings. The van der Waals surface area contributed by atoms with Gasteiger partial charge in [-0.2, -0.15) is 4.98 Å². The fourth-order valence-electron chi connectivity index (χ4n) is 2.46. The van der Waals surface area contributed by atoms with Gasteiger partial charge in [-0.3, -0.25) is 10.1 Å². The predicted octanol–water partition coefficient (Wildman–Crippen LogP) is 1.25. The fourth-order valence-corrected chi connectivity index (χ4v) is 2.46. The molecular weight excluding hydrogens is 250 g/mol. The van der Waals surface area contributed by atoms with Crippen molar-refractivity contribution >= 4 is 17.5 Å². The maximum absolute atomic E-state index is 11.1. The molecule has 8 nitrogen and oxygen atoms in total. The first kappa shape index (κ1) is 13.5. The lowest BCUT2D eigenvalue weighted by molar-refractivity contribution is -0.385. The maximum atomic E-state index is 11.1. The van der Waals surface area contributed by atoms with E-state index in [0.29, 0.717) is 0 Å². The smallest absolute Gasteiger partial charge is 0.332 e. The summed E-state index contributed by atoms with van der Waals surface area (Å²) in [6.45, 7) is 1.55. The molecule has 1 fully saturated rings. The van der Waals surface area contributed by atoms with Gasteiger partial charge in [0.1, 0.15) is 5.69 Å². The van der Waals surface area contributed by atoms with Gasteiger partial charge in [0, 0.05) is 7.11 Å². The van der Waals surface area contributed by atoms with E-state index in [-0.39, 0.29) is 35.3 Å². The second-order valence-corrected chi connectivity index (χ2v) is 4.58. The van der Waals surface area contributed by atoms with E-state index in [2.05, 4.69) is 15.3 Å².